The van der Waals surface area contributed by atoms with Crippen LogP contribution in [0.15, 0.2) is 29.6 Å². The standard InChI is InChI=1S/C27H34ClFN4O4S/c1-17-13-31(20(12-28)14-33(17)26(36)37-27(2,3)4)15-23(34)32-11-5-6-22(32)25-30-21(16-38-25)24(35)18-7-9-19(29)10-8-18/h7-10,16-17,20,22H,5-6,11-15H2,1-4H3/t17-,20+,22?/m1/s1. The molecule has 1 aromatic carbocycles. The average molecular weight is 565 g/mol. The highest BCUT2D eigenvalue weighted by atomic mass is 35.5. The van der Waals surface area contributed by atoms with Gasteiger partial charge in [-0.05, 0) is 64.8 Å². The Labute approximate surface area is 231 Å². The minimum atomic E-state index is -0.593. The normalized spacial score (nSPS) is 22.5. The Balaban J connectivity index is 1.41. The number of benzene rings is 1. The first-order valence-corrected chi connectivity index (χ1v) is 14.2. The number of carbonyl (C=O) groups excluding carboxylic acids is 3. The summed E-state index contributed by atoms with van der Waals surface area (Å²) in [6.07, 6.45) is 1.24. The summed E-state index contributed by atoms with van der Waals surface area (Å²) in [4.78, 5) is 49.1. The zero-order valence-electron chi connectivity index (χ0n) is 22.2. The minimum absolute atomic E-state index is 0.0258. The molecule has 0 N–H and O–H groups in total. The largest absolute Gasteiger partial charge is 0.444 e. The number of piperazine rings is 1. The summed E-state index contributed by atoms with van der Waals surface area (Å²) >= 11 is 7.64. The lowest BCUT2D eigenvalue weighted by molar-refractivity contribution is -0.134. The Morgan fingerprint density at radius 1 is 1.16 bits per heavy atom. The van der Waals surface area contributed by atoms with Gasteiger partial charge in [-0.1, -0.05) is 0 Å². The van der Waals surface area contributed by atoms with Gasteiger partial charge in [-0.2, -0.15) is 0 Å². The van der Waals surface area contributed by atoms with Crippen LogP contribution in [0.4, 0.5) is 9.18 Å². The number of halogens is 2. The Morgan fingerprint density at radius 2 is 1.87 bits per heavy atom. The molecule has 0 radical (unpaired) electrons. The van der Waals surface area contributed by atoms with Crippen molar-refractivity contribution in [1.82, 2.24) is 19.7 Å². The summed E-state index contributed by atoms with van der Waals surface area (Å²) in [6.45, 7) is 9.14. The van der Waals surface area contributed by atoms with E-state index in [4.69, 9.17) is 16.3 Å². The number of aromatic nitrogens is 1. The Kier molecular flexibility index (Phi) is 8.74. The van der Waals surface area contributed by atoms with E-state index in [1.165, 1.54) is 35.6 Å². The average Bonchev–Trinajstić information content (AvgIpc) is 3.53. The monoisotopic (exact) mass is 564 g/mol. The summed E-state index contributed by atoms with van der Waals surface area (Å²) in [6, 6.07) is 4.88. The highest BCUT2D eigenvalue weighted by Crippen LogP contribution is 2.34. The van der Waals surface area contributed by atoms with Crippen molar-refractivity contribution in [1.29, 1.82) is 0 Å². The molecule has 1 unspecified atom stereocenters. The van der Waals surface area contributed by atoms with Crippen molar-refractivity contribution < 1.29 is 23.5 Å². The summed E-state index contributed by atoms with van der Waals surface area (Å²) < 4.78 is 18.8. The summed E-state index contributed by atoms with van der Waals surface area (Å²) in [5, 5.41) is 2.42. The molecule has 2 aliphatic heterocycles. The molecular weight excluding hydrogens is 531 g/mol. The summed E-state index contributed by atoms with van der Waals surface area (Å²) in [5.41, 5.74) is 0.0735. The van der Waals surface area contributed by atoms with Crippen molar-refractivity contribution in [3.63, 3.8) is 0 Å². The molecule has 206 valence electrons. The van der Waals surface area contributed by atoms with Gasteiger partial charge in [0.1, 0.15) is 22.1 Å². The maximum atomic E-state index is 13.5. The fraction of sp³-hybridized carbons (Fsp3) is 0.556. The molecule has 2 saturated heterocycles. The zero-order valence-corrected chi connectivity index (χ0v) is 23.7. The van der Waals surface area contributed by atoms with Crippen LogP contribution in [-0.2, 0) is 9.53 Å². The predicted molar refractivity (Wildman–Crippen MR) is 144 cm³/mol. The molecule has 2 aromatic rings. The van der Waals surface area contributed by atoms with Gasteiger partial charge in [0.2, 0.25) is 11.7 Å². The Morgan fingerprint density at radius 3 is 2.53 bits per heavy atom. The van der Waals surface area contributed by atoms with Crippen molar-refractivity contribution in [2.45, 2.75) is 64.3 Å². The van der Waals surface area contributed by atoms with E-state index in [-0.39, 0.29) is 48.3 Å². The highest BCUT2D eigenvalue weighted by Gasteiger charge is 2.39. The molecule has 8 nitrogen and oxygen atoms in total. The van der Waals surface area contributed by atoms with Crippen LogP contribution in [0.1, 0.15) is 67.6 Å². The predicted octanol–water partition coefficient (Wildman–Crippen LogP) is 4.73. The van der Waals surface area contributed by atoms with Crippen LogP contribution in [0.25, 0.3) is 0 Å². The number of hydrogen-bond donors (Lipinski definition) is 0. The minimum Gasteiger partial charge on any atom is -0.444 e. The summed E-state index contributed by atoms with van der Waals surface area (Å²) in [7, 11) is 0. The van der Waals surface area contributed by atoms with Gasteiger partial charge in [-0.25, -0.2) is 14.2 Å². The molecule has 2 aliphatic rings. The smallest absolute Gasteiger partial charge is 0.410 e. The maximum absolute atomic E-state index is 13.5. The van der Waals surface area contributed by atoms with Gasteiger partial charge >= 0.3 is 6.09 Å². The Hall–Kier alpha value is -2.56. The molecule has 0 aliphatic carbocycles. The van der Waals surface area contributed by atoms with Crippen LogP contribution in [-0.4, -0.2) is 87.2 Å². The van der Waals surface area contributed by atoms with Gasteiger partial charge in [0, 0.05) is 48.5 Å². The van der Waals surface area contributed by atoms with Crippen LogP contribution in [0.2, 0.25) is 0 Å². The molecule has 11 heteroatoms. The molecular formula is C27H34ClFN4O4S. The van der Waals surface area contributed by atoms with Crippen LogP contribution < -0.4 is 0 Å². The number of ether oxygens (including phenoxy) is 1. The fourth-order valence-electron chi connectivity index (χ4n) is 4.91. The third-order valence-electron chi connectivity index (χ3n) is 6.82. The number of hydrogen-bond acceptors (Lipinski definition) is 7. The lowest BCUT2D eigenvalue weighted by Gasteiger charge is -2.44. The molecule has 3 atom stereocenters. The molecule has 2 amide bonds. The van der Waals surface area contributed by atoms with Crippen molar-refractivity contribution in [3.05, 3.63) is 51.7 Å². The molecule has 1 aromatic heterocycles. The van der Waals surface area contributed by atoms with Crippen LogP contribution in [0.5, 0.6) is 0 Å². The second kappa shape index (κ2) is 11.7. The first-order chi connectivity index (χ1) is 18.0. The fourth-order valence-corrected chi connectivity index (χ4v) is 6.14. The molecule has 4 rings (SSSR count). The molecule has 2 fully saturated rings. The second-order valence-electron chi connectivity index (χ2n) is 10.9. The highest BCUT2D eigenvalue weighted by molar-refractivity contribution is 7.10. The van der Waals surface area contributed by atoms with E-state index in [0.717, 1.165) is 17.8 Å². The first-order valence-electron chi connectivity index (χ1n) is 12.8. The molecule has 0 saturated carbocycles. The topological polar surface area (TPSA) is 83.1 Å². The number of rotatable bonds is 6. The third-order valence-corrected chi connectivity index (χ3v) is 8.12. The SMILES string of the molecule is C[C@@H]1CN(CC(=O)N2CCCC2c2nc(C(=O)c3ccc(F)cc3)cs2)[C@@H](CCl)CN1C(=O)OC(C)(C)C. The van der Waals surface area contributed by atoms with Crippen molar-refractivity contribution in [2.75, 3.05) is 32.1 Å². The number of alkyl halides is 1. The number of likely N-dealkylation sites (tertiary alicyclic amines) is 1. The van der Waals surface area contributed by atoms with E-state index < -0.39 is 11.4 Å². The first kappa shape index (κ1) is 28.4. The van der Waals surface area contributed by atoms with Crippen LogP contribution in [0.3, 0.4) is 0 Å². The van der Waals surface area contributed by atoms with Crippen LogP contribution in [0, 0.1) is 5.82 Å². The van der Waals surface area contributed by atoms with Crippen LogP contribution >= 0.6 is 22.9 Å². The van der Waals surface area contributed by atoms with Gasteiger partial charge in [0.25, 0.3) is 0 Å². The molecule has 3 heterocycles. The molecule has 38 heavy (non-hydrogen) atoms. The Bertz CT molecular complexity index is 1170. The van der Waals surface area contributed by atoms with E-state index in [1.54, 1.807) is 10.3 Å². The lowest BCUT2D eigenvalue weighted by Crippen LogP contribution is -2.61. The number of ketones is 1. The third kappa shape index (κ3) is 6.52. The van der Waals surface area contributed by atoms with Gasteiger partial charge in [0.15, 0.2) is 0 Å². The van der Waals surface area contributed by atoms with E-state index in [1.807, 2.05) is 37.5 Å². The van der Waals surface area contributed by atoms with Gasteiger partial charge < -0.3 is 14.5 Å². The molecule has 0 bridgehead atoms. The van der Waals surface area contributed by atoms with Crippen molar-refractivity contribution in [3.8, 4) is 0 Å². The lowest BCUT2D eigenvalue weighted by atomic mass is 10.1. The number of nitrogens with zero attached hydrogens (tertiary/aromatic N) is 4. The van der Waals surface area contributed by atoms with Gasteiger partial charge in [-0.3, -0.25) is 14.5 Å². The van der Waals surface area contributed by atoms with Crippen molar-refractivity contribution >= 4 is 40.7 Å². The zero-order chi connectivity index (χ0) is 27.6. The second-order valence-corrected chi connectivity index (χ2v) is 12.1. The summed E-state index contributed by atoms with van der Waals surface area (Å²) in [5.74, 6) is -0.422. The van der Waals surface area contributed by atoms with Gasteiger partial charge in [-0.15, -0.1) is 22.9 Å². The molecule has 0 spiro atoms. The van der Waals surface area contributed by atoms with E-state index >= 15 is 0 Å². The quantitative estimate of drug-likeness (QED) is 0.373. The number of amides is 2. The number of thiazole rings is 1. The van der Waals surface area contributed by atoms with E-state index in [0.29, 0.717) is 30.9 Å². The van der Waals surface area contributed by atoms with E-state index in [9.17, 15) is 18.8 Å². The maximum Gasteiger partial charge on any atom is 0.410 e. The number of carbonyl (C=O) groups is 3. The van der Waals surface area contributed by atoms with E-state index in [2.05, 4.69) is 4.98 Å². The van der Waals surface area contributed by atoms with Crippen molar-refractivity contribution in [2.24, 2.45) is 0 Å². The van der Waals surface area contributed by atoms with Gasteiger partial charge in [0.05, 0.1) is 12.6 Å².